The number of likely N-dealkylation sites (N-methyl/N-ethyl adjacent to an activating group) is 1. The quantitative estimate of drug-likeness (QED) is 0.744. The van der Waals surface area contributed by atoms with E-state index in [1.54, 1.807) is 10.9 Å². The van der Waals surface area contributed by atoms with Gasteiger partial charge in [0.15, 0.2) is 5.75 Å². The molecule has 1 aromatic rings. The van der Waals surface area contributed by atoms with Crippen molar-refractivity contribution in [1.29, 1.82) is 0 Å². The molecule has 0 bridgehead atoms. The molecule has 4 nitrogen and oxygen atoms in total. The Balaban J connectivity index is 2.42. The van der Waals surface area contributed by atoms with Gasteiger partial charge in [0.25, 0.3) is 0 Å². The number of aryl methyl sites for hydroxylation is 1. The lowest BCUT2D eigenvalue weighted by Crippen LogP contribution is -2.31. The number of nitrogens with one attached hydrogen (secondary N) is 1. The summed E-state index contributed by atoms with van der Waals surface area (Å²) in [6.45, 7) is 6.16. The molecule has 1 aromatic heterocycles. The fraction of sp³-hybridized carbons (Fsp3) is 0.727. The van der Waals surface area contributed by atoms with Crippen molar-refractivity contribution in [3.8, 4) is 5.75 Å². The van der Waals surface area contributed by atoms with Gasteiger partial charge in [0.2, 0.25) is 0 Å². The van der Waals surface area contributed by atoms with E-state index in [0.29, 0.717) is 0 Å². The number of aromatic nitrogens is 2. The van der Waals surface area contributed by atoms with Gasteiger partial charge in [-0.05, 0) is 13.0 Å². The van der Waals surface area contributed by atoms with E-state index in [2.05, 4.69) is 24.3 Å². The van der Waals surface area contributed by atoms with Crippen LogP contribution in [0.4, 0.5) is 0 Å². The molecule has 0 spiro atoms. The molecule has 86 valence electrons. The first-order valence-corrected chi connectivity index (χ1v) is 5.62. The lowest BCUT2D eigenvalue weighted by molar-refractivity contribution is 0.187. The van der Waals surface area contributed by atoms with E-state index in [1.165, 1.54) is 0 Å². The van der Waals surface area contributed by atoms with Crippen molar-refractivity contribution in [3.05, 3.63) is 12.4 Å². The van der Waals surface area contributed by atoms with Crippen molar-refractivity contribution < 1.29 is 4.74 Å². The molecule has 1 heterocycles. The second-order valence-electron chi connectivity index (χ2n) is 3.69. The average molecular weight is 211 g/mol. The lowest BCUT2D eigenvalue weighted by atomic mass is 10.2. The lowest BCUT2D eigenvalue weighted by Gasteiger charge is -2.17. The molecule has 1 unspecified atom stereocenters. The standard InChI is InChI=1S/C11H21N3O/c1-4-6-10(7-12-5-2)15-11-8-13-14(3)9-11/h8-10,12H,4-7H2,1-3H3. The van der Waals surface area contributed by atoms with Crippen LogP contribution in [0.5, 0.6) is 5.75 Å². The molecule has 0 aliphatic heterocycles. The number of ether oxygens (including phenoxy) is 1. The van der Waals surface area contributed by atoms with Gasteiger partial charge in [-0.1, -0.05) is 20.3 Å². The highest BCUT2D eigenvalue weighted by Gasteiger charge is 2.09. The molecule has 0 fully saturated rings. The molecule has 1 N–H and O–H groups in total. The second kappa shape index (κ2) is 6.45. The molecular weight excluding hydrogens is 190 g/mol. The zero-order valence-corrected chi connectivity index (χ0v) is 9.86. The van der Waals surface area contributed by atoms with Crippen LogP contribution in [-0.2, 0) is 7.05 Å². The van der Waals surface area contributed by atoms with Crippen LogP contribution >= 0.6 is 0 Å². The fourth-order valence-corrected chi connectivity index (χ4v) is 1.48. The monoisotopic (exact) mass is 211 g/mol. The van der Waals surface area contributed by atoms with E-state index in [4.69, 9.17) is 4.74 Å². The van der Waals surface area contributed by atoms with Gasteiger partial charge in [-0.15, -0.1) is 0 Å². The maximum Gasteiger partial charge on any atom is 0.157 e. The minimum Gasteiger partial charge on any atom is -0.486 e. The number of rotatable bonds is 7. The van der Waals surface area contributed by atoms with Crippen LogP contribution < -0.4 is 10.1 Å². The SMILES string of the molecule is CCCC(CNCC)Oc1cnn(C)c1. The van der Waals surface area contributed by atoms with Crippen molar-refractivity contribution in [2.75, 3.05) is 13.1 Å². The smallest absolute Gasteiger partial charge is 0.157 e. The van der Waals surface area contributed by atoms with Gasteiger partial charge in [0.1, 0.15) is 6.10 Å². The van der Waals surface area contributed by atoms with Crippen LogP contribution in [0.1, 0.15) is 26.7 Å². The Bertz CT molecular complexity index is 273. The Hall–Kier alpha value is -1.03. The Morgan fingerprint density at radius 1 is 1.53 bits per heavy atom. The van der Waals surface area contributed by atoms with Gasteiger partial charge in [0, 0.05) is 13.6 Å². The predicted octanol–water partition coefficient (Wildman–Crippen LogP) is 1.58. The molecule has 15 heavy (non-hydrogen) atoms. The number of hydrogen-bond donors (Lipinski definition) is 1. The zero-order valence-electron chi connectivity index (χ0n) is 9.86. The Kier molecular flexibility index (Phi) is 5.18. The minimum atomic E-state index is 0.249. The van der Waals surface area contributed by atoms with Crippen molar-refractivity contribution in [3.63, 3.8) is 0 Å². The van der Waals surface area contributed by atoms with Crippen LogP contribution in [0.25, 0.3) is 0 Å². The number of hydrogen-bond acceptors (Lipinski definition) is 3. The van der Waals surface area contributed by atoms with Crippen LogP contribution in [0.3, 0.4) is 0 Å². The Labute approximate surface area is 91.6 Å². The Morgan fingerprint density at radius 3 is 2.87 bits per heavy atom. The first-order chi connectivity index (χ1) is 7.26. The van der Waals surface area contributed by atoms with E-state index < -0.39 is 0 Å². The molecular formula is C11H21N3O. The topological polar surface area (TPSA) is 39.1 Å². The van der Waals surface area contributed by atoms with Crippen molar-refractivity contribution in [2.45, 2.75) is 32.8 Å². The van der Waals surface area contributed by atoms with Gasteiger partial charge in [0.05, 0.1) is 12.4 Å². The molecule has 0 saturated heterocycles. The second-order valence-corrected chi connectivity index (χ2v) is 3.69. The molecule has 0 radical (unpaired) electrons. The summed E-state index contributed by atoms with van der Waals surface area (Å²) in [7, 11) is 1.89. The predicted molar refractivity (Wildman–Crippen MR) is 61.1 cm³/mol. The maximum atomic E-state index is 5.83. The van der Waals surface area contributed by atoms with Crippen molar-refractivity contribution >= 4 is 0 Å². The third-order valence-corrected chi connectivity index (χ3v) is 2.22. The Morgan fingerprint density at radius 2 is 2.33 bits per heavy atom. The zero-order chi connectivity index (χ0) is 11.1. The molecule has 0 aromatic carbocycles. The van der Waals surface area contributed by atoms with E-state index in [9.17, 15) is 0 Å². The van der Waals surface area contributed by atoms with Crippen LogP contribution in [0.2, 0.25) is 0 Å². The molecule has 4 heteroatoms. The summed E-state index contributed by atoms with van der Waals surface area (Å²) in [5, 5.41) is 7.39. The summed E-state index contributed by atoms with van der Waals surface area (Å²) >= 11 is 0. The van der Waals surface area contributed by atoms with Gasteiger partial charge in [-0.3, -0.25) is 4.68 Å². The molecule has 1 rings (SSSR count). The summed E-state index contributed by atoms with van der Waals surface area (Å²) < 4.78 is 7.59. The van der Waals surface area contributed by atoms with Crippen LogP contribution in [0, 0.1) is 0 Å². The fourth-order valence-electron chi connectivity index (χ4n) is 1.48. The first-order valence-electron chi connectivity index (χ1n) is 5.62. The summed E-state index contributed by atoms with van der Waals surface area (Å²) in [6, 6.07) is 0. The first kappa shape index (κ1) is 12.0. The van der Waals surface area contributed by atoms with Crippen molar-refractivity contribution in [1.82, 2.24) is 15.1 Å². The summed E-state index contributed by atoms with van der Waals surface area (Å²) in [6.07, 6.45) is 6.11. The van der Waals surface area contributed by atoms with Crippen molar-refractivity contribution in [2.24, 2.45) is 7.05 Å². The maximum absolute atomic E-state index is 5.83. The van der Waals surface area contributed by atoms with E-state index >= 15 is 0 Å². The number of nitrogens with zero attached hydrogens (tertiary/aromatic N) is 2. The normalized spacial score (nSPS) is 12.7. The van der Waals surface area contributed by atoms with Gasteiger partial charge in [-0.2, -0.15) is 5.10 Å². The molecule has 0 aliphatic rings. The van der Waals surface area contributed by atoms with Gasteiger partial charge < -0.3 is 10.1 Å². The van der Waals surface area contributed by atoms with E-state index in [-0.39, 0.29) is 6.10 Å². The average Bonchev–Trinajstić information content (AvgIpc) is 2.61. The highest BCUT2D eigenvalue weighted by Crippen LogP contribution is 2.12. The molecule has 0 amide bonds. The molecule has 0 saturated carbocycles. The van der Waals surface area contributed by atoms with Gasteiger partial charge in [-0.25, -0.2) is 0 Å². The summed E-state index contributed by atoms with van der Waals surface area (Å²) in [4.78, 5) is 0. The van der Waals surface area contributed by atoms with Gasteiger partial charge >= 0.3 is 0 Å². The third-order valence-electron chi connectivity index (χ3n) is 2.22. The van der Waals surface area contributed by atoms with E-state index in [1.807, 2.05) is 13.2 Å². The van der Waals surface area contributed by atoms with Crippen LogP contribution in [0.15, 0.2) is 12.4 Å². The largest absolute Gasteiger partial charge is 0.486 e. The highest BCUT2D eigenvalue weighted by molar-refractivity contribution is 5.11. The summed E-state index contributed by atoms with van der Waals surface area (Å²) in [5.74, 6) is 0.855. The van der Waals surface area contributed by atoms with Crippen LogP contribution in [-0.4, -0.2) is 29.0 Å². The summed E-state index contributed by atoms with van der Waals surface area (Å²) in [5.41, 5.74) is 0. The highest BCUT2D eigenvalue weighted by atomic mass is 16.5. The third kappa shape index (κ3) is 4.34. The van der Waals surface area contributed by atoms with E-state index in [0.717, 1.165) is 31.7 Å². The molecule has 1 atom stereocenters. The molecule has 0 aliphatic carbocycles. The minimum absolute atomic E-state index is 0.249.